The molecule has 0 saturated heterocycles. The van der Waals surface area contributed by atoms with Crippen molar-refractivity contribution in [2.45, 2.75) is 103 Å². The van der Waals surface area contributed by atoms with E-state index >= 15 is 0 Å². The van der Waals surface area contributed by atoms with E-state index in [1.54, 1.807) is 0 Å². The van der Waals surface area contributed by atoms with Crippen LogP contribution in [0.3, 0.4) is 0 Å². The standard InChI is InChI=1S/C22H40O/c1-3-5-7-8-9-19-10-12-20(13-11-19)21-14-16-22(17-15-21)23-18-6-4-2/h4,6,19-22H,3,5,7-18H2,1-2H3. The third-order valence-electron chi connectivity index (χ3n) is 6.41. The number of ether oxygens (including phenoxy) is 1. The Hall–Kier alpha value is -0.300. The molecule has 2 aliphatic carbocycles. The summed E-state index contributed by atoms with van der Waals surface area (Å²) in [4.78, 5) is 0. The molecular weight excluding hydrogens is 280 g/mol. The van der Waals surface area contributed by atoms with Crippen LogP contribution in [0, 0.1) is 17.8 Å². The fourth-order valence-electron chi connectivity index (χ4n) is 4.82. The Labute approximate surface area is 145 Å². The normalized spacial score (nSPS) is 32.4. The van der Waals surface area contributed by atoms with Crippen LogP contribution in [0.1, 0.15) is 97.3 Å². The molecule has 0 bridgehead atoms. The Balaban J connectivity index is 1.57. The lowest BCUT2D eigenvalue weighted by molar-refractivity contribution is 0.0209. The molecule has 0 aromatic rings. The molecule has 0 aromatic carbocycles. The van der Waals surface area contributed by atoms with E-state index in [0.717, 1.165) is 24.4 Å². The van der Waals surface area contributed by atoms with Gasteiger partial charge in [-0.1, -0.05) is 64.0 Å². The minimum absolute atomic E-state index is 0.539. The molecule has 0 unspecified atom stereocenters. The van der Waals surface area contributed by atoms with Crippen molar-refractivity contribution in [2.24, 2.45) is 17.8 Å². The van der Waals surface area contributed by atoms with Gasteiger partial charge in [0.15, 0.2) is 0 Å². The van der Waals surface area contributed by atoms with Crippen LogP contribution in [-0.4, -0.2) is 12.7 Å². The van der Waals surface area contributed by atoms with E-state index in [1.165, 1.54) is 83.5 Å². The third kappa shape index (κ3) is 6.99. The van der Waals surface area contributed by atoms with Gasteiger partial charge >= 0.3 is 0 Å². The average Bonchev–Trinajstić information content (AvgIpc) is 2.60. The first-order valence-electron chi connectivity index (χ1n) is 10.6. The van der Waals surface area contributed by atoms with Crippen molar-refractivity contribution in [3.8, 4) is 0 Å². The van der Waals surface area contributed by atoms with Crippen LogP contribution in [0.5, 0.6) is 0 Å². The van der Waals surface area contributed by atoms with Crippen molar-refractivity contribution in [3.05, 3.63) is 12.2 Å². The van der Waals surface area contributed by atoms with Crippen molar-refractivity contribution in [2.75, 3.05) is 6.61 Å². The zero-order chi connectivity index (χ0) is 16.3. The van der Waals surface area contributed by atoms with Gasteiger partial charge in [0.05, 0.1) is 12.7 Å². The lowest BCUT2D eigenvalue weighted by Gasteiger charge is -2.37. The van der Waals surface area contributed by atoms with Crippen molar-refractivity contribution < 1.29 is 4.74 Å². The monoisotopic (exact) mass is 320 g/mol. The number of rotatable bonds is 9. The average molecular weight is 321 g/mol. The van der Waals surface area contributed by atoms with Crippen molar-refractivity contribution in [1.82, 2.24) is 0 Å². The molecule has 0 aliphatic heterocycles. The van der Waals surface area contributed by atoms with Gasteiger partial charge in [-0.3, -0.25) is 0 Å². The van der Waals surface area contributed by atoms with E-state index in [-0.39, 0.29) is 0 Å². The van der Waals surface area contributed by atoms with Gasteiger partial charge in [-0.25, -0.2) is 0 Å². The molecule has 0 aromatic heterocycles. The number of hydrogen-bond donors (Lipinski definition) is 0. The summed E-state index contributed by atoms with van der Waals surface area (Å²) in [6.45, 7) is 5.20. The minimum Gasteiger partial charge on any atom is -0.374 e. The largest absolute Gasteiger partial charge is 0.374 e. The summed E-state index contributed by atoms with van der Waals surface area (Å²) in [5, 5.41) is 0. The predicted octanol–water partition coefficient (Wildman–Crippen LogP) is 6.91. The number of hydrogen-bond acceptors (Lipinski definition) is 1. The highest BCUT2D eigenvalue weighted by molar-refractivity contribution is 4.83. The van der Waals surface area contributed by atoms with E-state index in [1.807, 2.05) is 0 Å². The van der Waals surface area contributed by atoms with E-state index in [9.17, 15) is 0 Å². The fraction of sp³-hybridized carbons (Fsp3) is 0.909. The second kappa shape index (κ2) is 11.3. The van der Waals surface area contributed by atoms with Crippen LogP contribution in [0.25, 0.3) is 0 Å². The highest BCUT2D eigenvalue weighted by atomic mass is 16.5. The third-order valence-corrected chi connectivity index (χ3v) is 6.41. The molecule has 0 spiro atoms. The zero-order valence-electron chi connectivity index (χ0n) is 15.8. The summed E-state index contributed by atoms with van der Waals surface area (Å²) < 4.78 is 5.95. The van der Waals surface area contributed by atoms with E-state index < -0.39 is 0 Å². The lowest BCUT2D eigenvalue weighted by Crippen LogP contribution is -2.28. The Morgan fingerprint density at radius 3 is 2.09 bits per heavy atom. The molecule has 0 amide bonds. The van der Waals surface area contributed by atoms with Gasteiger partial charge in [0.2, 0.25) is 0 Å². The summed E-state index contributed by atoms with van der Waals surface area (Å²) >= 11 is 0. The lowest BCUT2D eigenvalue weighted by atomic mass is 9.70. The van der Waals surface area contributed by atoms with Crippen LogP contribution in [-0.2, 0) is 4.74 Å². The molecule has 0 atom stereocenters. The first-order valence-corrected chi connectivity index (χ1v) is 10.6. The van der Waals surface area contributed by atoms with Gasteiger partial charge in [0.25, 0.3) is 0 Å². The van der Waals surface area contributed by atoms with Gasteiger partial charge in [-0.2, -0.15) is 0 Å². The maximum Gasteiger partial charge on any atom is 0.0651 e. The second-order valence-electron chi connectivity index (χ2n) is 8.07. The van der Waals surface area contributed by atoms with Crippen LogP contribution < -0.4 is 0 Å². The summed E-state index contributed by atoms with van der Waals surface area (Å²) in [6.07, 6.45) is 23.6. The predicted molar refractivity (Wildman–Crippen MR) is 101 cm³/mol. The van der Waals surface area contributed by atoms with Crippen molar-refractivity contribution in [1.29, 1.82) is 0 Å². The first kappa shape index (κ1) is 19.0. The summed E-state index contributed by atoms with van der Waals surface area (Å²) in [6, 6.07) is 0. The molecule has 134 valence electrons. The molecule has 0 N–H and O–H groups in total. The summed E-state index contributed by atoms with van der Waals surface area (Å²) in [5.41, 5.74) is 0. The van der Waals surface area contributed by atoms with Crippen molar-refractivity contribution >= 4 is 0 Å². The zero-order valence-corrected chi connectivity index (χ0v) is 15.8. The van der Waals surface area contributed by atoms with Crippen molar-refractivity contribution in [3.63, 3.8) is 0 Å². The molecule has 2 saturated carbocycles. The molecule has 0 heterocycles. The molecule has 2 aliphatic rings. The van der Waals surface area contributed by atoms with Gasteiger partial charge in [0.1, 0.15) is 0 Å². The molecule has 2 fully saturated rings. The minimum atomic E-state index is 0.539. The van der Waals surface area contributed by atoms with Crippen LogP contribution in [0.2, 0.25) is 0 Å². The SMILES string of the molecule is CC=CCOC1CCC(C2CCC(CCCCCC)CC2)CC1. The second-order valence-corrected chi connectivity index (χ2v) is 8.07. The van der Waals surface area contributed by atoms with Crippen LogP contribution in [0.4, 0.5) is 0 Å². The van der Waals surface area contributed by atoms with Crippen LogP contribution >= 0.6 is 0 Å². The maximum absolute atomic E-state index is 5.95. The number of unbranched alkanes of at least 4 members (excludes halogenated alkanes) is 3. The topological polar surface area (TPSA) is 9.23 Å². The summed E-state index contributed by atoms with van der Waals surface area (Å²) in [5.74, 6) is 3.11. The van der Waals surface area contributed by atoms with Gasteiger partial charge in [0, 0.05) is 0 Å². The molecule has 1 nitrogen and oxygen atoms in total. The smallest absolute Gasteiger partial charge is 0.0651 e. The highest BCUT2D eigenvalue weighted by Gasteiger charge is 2.30. The fourth-order valence-corrected chi connectivity index (χ4v) is 4.82. The Morgan fingerprint density at radius 1 is 0.826 bits per heavy atom. The van der Waals surface area contributed by atoms with Gasteiger partial charge in [-0.15, -0.1) is 0 Å². The first-order chi connectivity index (χ1) is 11.3. The molecule has 0 radical (unpaired) electrons. The molecular formula is C22H40O. The van der Waals surface area contributed by atoms with E-state index in [2.05, 4.69) is 26.0 Å². The molecule has 23 heavy (non-hydrogen) atoms. The molecule has 1 heteroatoms. The Bertz CT molecular complexity index is 306. The van der Waals surface area contributed by atoms with E-state index in [4.69, 9.17) is 4.74 Å². The van der Waals surface area contributed by atoms with Gasteiger partial charge in [-0.05, 0) is 63.2 Å². The quantitative estimate of drug-likeness (QED) is 0.331. The number of allylic oxidation sites excluding steroid dienone is 1. The summed E-state index contributed by atoms with van der Waals surface area (Å²) in [7, 11) is 0. The Morgan fingerprint density at radius 2 is 1.48 bits per heavy atom. The highest BCUT2D eigenvalue weighted by Crippen LogP contribution is 2.41. The Kier molecular flexibility index (Phi) is 9.34. The molecule has 2 rings (SSSR count). The van der Waals surface area contributed by atoms with Crippen LogP contribution in [0.15, 0.2) is 12.2 Å². The maximum atomic E-state index is 5.95. The van der Waals surface area contributed by atoms with Gasteiger partial charge < -0.3 is 4.74 Å². The van der Waals surface area contributed by atoms with E-state index in [0.29, 0.717) is 6.10 Å².